The van der Waals surface area contributed by atoms with E-state index in [0.29, 0.717) is 13.0 Å². The first kappa shape index (κ1) is 20.0. The van der Waals surface area contributed by atoms with Crippen LogP contribution < -0.4 is 4.74 Å². The smallest absolute Gasteiger partial charge is 0.306 e. The van der Waals surface area contributed by atoms with Gasteiger partial charge < -0.3 is 9.47 Å². The Hall–Kier alpha value is -2.29. The van der Waals surface area contributed by atoms with Crippen molar-refractivity contribution in [2.45, 2.75) is 59.0 Å². The highest BCUT2D eigenvalue weighted by Gasteiger charge is 2.11. The molecular formula is C23H30O3. The summed E-state index contributed by atoms with van der Waals surface area (Å²) in [4.78, 5) is 11.9. The van der Waals surface area contributed by atoms with E-state index in [1.807, 2.05) is 38.1 Å². The van der Waals surface area contributed by atoms with Gasteiger partial charge in [0, 0.05) is 6.42 Å². The molecule has 1 atom stereocenters. The summed E-state index contributed by atoms with van der Waals surface area (Å²) < 4.78 is 11.0. The second-order valence-electron chi connectivity index (χ2n) is 6.52. The van der Waals surface area contributed by atoms with Gasteiger partial charge in [-0.1, -0.05) is 62.6 Å². The third-order valence-electron chi connectivity index (χ3n) is 4.42. The lowest BCUT2D eigenvalue weighted by Crippen LogP contribution is -2.08. The summed E-state index contributed by atoms with van der Waals surface area (Å²) >= 11 is 0. The average Bonchev–Trinajstić information content (AvgIpc) is 2.66. The van der Waals surface area contributed by atoms with E-state index < -0.39 is 0 Å². The van der Waals surface area contributed by atoms with Crippen molar-refractivity contribution < 1.29 is 14.3 Å². The molecule has 140 valence electrons. The number of rotatable bonds is 10. The SMILES string of the molecule is CCCCCCC(=O)OC(C)c1ccc(-c2ccc(OCC)cc2)cc1. The van der Waals surface area contributed by atoms with E-state index in [1.54, 1.807) is 0 Å². The Labute approximate surface area is 157 Å². The van der Waals surface area contributed by atoms with Gasteiger partial charge in [-0.2, -0.15) is 0 Å². The van der Waals surface area contributed by atoms with E-state index >= 15 is 0 Å². The second-order valence-corrected chi connectivity index (χ2v) is 6.52. The summed E-state index contributed by atoms with van der Waals surface area (Å²) in [6.45, 7) is 6.74. The number of esters is 1. The molecule has 0 amide bonds. The topological polar surface area (TPSA) is 35.5 Å². The summed E-state index contributed by atoms with van der Waals surface area (Å²) in [7, 11) is 0. The summed E-state index contributed by atoms with van der Waals surface area (Å²) in [6.07, 6.45) is 4.65. The van der Waals surface area contributed by atoms with E-state index in [2.05, 4.69) is 31.2 Å². The highest BCUT2D eigenvalue weighted by Crippen LogP contribution is 2.25. The Morgan fingerprint density at radius 1 is 0.885 bits per heavy atom. The zero-order chi connectivity index (χ0) is 18.8. The quantitative estimate of drug-likeness (QED) is 0.369. The van der Waals surface area contributed by atoms with Crippen LogP contribution in [-0.4, -0.2) is 12.6 Å². The largest absolute Gasteiger partial charge is 0.494 e. The fourth-order valence-electron chi connectivity index (χ4n) is 2.88. The first-order chi connectivity index (χ1) is 12.6. The van der Waals surface area contributed by atoms with Crippen LogP contribution in [0, 0.1) is 0 Å². The predicted octanol–water partition coefficient (Wildman–Crippen LogP) is 6.33. The zero-order valence-corrected chi connectivity index (χ0v) is 16.2. The molecule has 0 heterocycles. The van der Waals surface area contributed by atoms with Crippen LogP contribution in [0.3, 0.4) is 0 Å². The standard InChI is InChI=1S/C23H30O3/c1-4-6-7-8-9-23(24)26-18(3)19-10-12-20(13-11-19)21-14-16-22(17-15-21)25-5-2/h10-18H,4-9H2,1-3H3. The molecule has 0 saturated heterocycles. The lowest BCUT2D eigenvalue weighted by atomic mass is 10.0. The maximum absolute atomic E-state index is 11.9. The molecule has 2 rings (SSSR count). The third kappa shape index (κ3) is 6.21. The van der Waals surface area contributed by atoms with Crippen LogP contribution in [0.4, 0.5) is 0 Å². The molecule has 2 aromatic carbocycles. The molecule has 0 fully saturated rings. The normalized spacial score (nSPS) is 11.8. The molecule has 0 aliphatic rings. The van der Waals surface area contributed by atoms with Crippen LogP contribution >= 0.6 is 0 Å². The fraction of sp³-hybridized carbons (Fsp3) is 0.435. The Kier molecular flexibility index (Phi) is 8.20. The van der Waals surface area contributed by atoms with Gasteiger partial charge in [0.1, 0.15) is 11.9 Å². The maximum Gasteiger partial charge on any atom is 0.306 e. The van der Waals surface area contributed by atoms with E-state index in [1.165, 1.54) is 12.8 Å². The van der Waals surface area contributed by atoms with Gasteiger partial charge in [0.15, 0.2) is 0 Å². The van der Waals surface area contributed by atoms with E-state index in [4.69, 9.17) is 9.47 Å². The van der Waals surface area contributed by atoms with Gasteiger partial charge >= 0.3 is 5.97 Å². The molecule has 0 bridgehead atoms. The predicted molar refractivity (Wildman–Crippen MR) is 106 cm³/mol. The number of hydrogen-bond donors (Lipinski definition) is 0. The Balaban J connectivity index is 1.90. The van der Waals surface area contributed by atoms with Crippen molar-refractivity contribution in [3.8, 4) is 16.9 Å². The molecule has 26 heavy (non-hydrogen) atoms. The molecule has 0 radical (unpaired) electrons. The van der Waals surface area contributed by atoms with Crippen molar-refractivity contribution in [2.24, 2.45) is 0 Å². The molecule has 0 saturated carbocycles. The molecule has 0 aliphatic heterocycles. The summed E-state index contributed by atoms with van der Waals surface area (Å²) in [5.74, 6) is 0.775. The van der Waals surface area contributed by atoms with Crippen molar-refractivity contribution >= 4 is 5.97 Å². The number of hydrogen-bond acceptors (Lipinski definition) is 3. The second kappa shape index (κ2) is 10.6. The Bertz CT molecular complexity index is 659. The third-order valence-corrected chi connectivity index (χ3v) is 4.42. The van der Waals surface area contributed by atoms with Gasteiger partial charge in [0.2, 0.25) is 0 Å². The maximum atomic E-state index is 11.9. The number of carbonyl (C=O) groups is 1. The summed E-state index contributed by atoms with van der Waals surface area (Å²) in [5.41, 5.74) is 3.29. The van der Waals surface area contributed by atoms with Gasteiger partial charge in [0.05, 0.1) is 6.61 Å². The first-order valence-electron chi connectivity index (χ1n) is 9.66. The highest BCUT2D eigenvalue weighted by molar-refractivity contribution is 5.69. The van der Waals surface area contributed by atoms with Gasteiger partial charge in [0.25, 0.3) is 0 Å². The number of unbranched alkanes of at least 4 members (excludes halogenated alkanes) is 3. The molecule has 1 unspecified atom stereocenters. The number of benzene rings is 2. The van der Waals surface area contributed by atoms with E-state index in [0.717, 1.165) is 35.3 Å². The molecule has 0 N–H and O–H groups in total. The van der Waals surface area contributed by atoms with Crippen LogP contribution in [0.15, 0.2) is 48.5 Å². The molecule has 3 heteroatoms. The highest BCUT2D eigenvalue weighted by atomic mass is 16.5. The molecule has 0 aromatic heterocycles. The Morgan fingerprint density at radius 2 is 1.50 bits per heavy atom. The van der Waals surface area contributed by atoms with Crippen molar-refractivity contribution in [2.75, 3.05) is 6.61 Å². The van der Waals surface area contributed by atoms with Crippen molar-refractivity contribution in [3.05, 3.63) is 54.1 Å². The Morgan fingerprint density at radius 3 is 2.08 bits per heavy atom. The van der Waals surface area contributed by atoms with Crippen LogP contribution in [0.1, 0.15) is 64.5 Å². The van der Waals surface area contributed by atoms with E-state index in [9.17, 15) is 4.79 Å². The van der Waals surface area contributed by atoms with Gasteiger partial charge in [-0.05, 0) is 49.1 Å². The number of carbonyl (C=O) groups excluding carboxylic acids is 1. The lowest BCUT2D eigenvalue weighted by Gasteiger charge is -2.14. The van der Waals surface area contributed by atoms with Gasteiger partial charge in [-0.25, -0.2) is 0 Å². The average molecular weight is 354 g/mol. The van der Waals surface area contributed by atoms with Crippen LogP contribution in [-0.2, 0) is 9.53 Å². The van der Waals surface area contributed by atoms with E-state index in [-0.39, 0.29) is 12.1 Å². The molecular weight excluding hydrogens is 324 g/mol. The fourth-order valence-corrected chi connectivity index (χ4v) is 2.88. The molecule has 3 nitrogen and oxygen atoms in total. The van der Waals surface area contributed by atoms with Crippen molar-refractivity contribution in [1.29, 1.82) is 0 Å². The van der Waals surface area contributed by atoms with Crippen LogP contribution in [0.5, 0.6) is 5.75 Å². The van der Waals surface area contributed by atoms with Crippen LogP contribution in [0.25, 0.3) is 11.1 Å². The molecule has 2 aromatic rings. The first-order valence-corrected chi connectivity index (χ1v) is 9.66. The zero-order valence-electron chi connectivity index (χ0n) is 16.2. The van der Waals surface area contributed by atoms with Crippen molar-refractivity contribution in [1.82, 2.24) is 0 Å². The van der Waals surface area contributed by atoms with Crippen LogP contribution in [0.2, 0.25) is 0 Å². The lowest BCUT2D eigenvalue weighted by molar-refractivity contribution is -0.148. The number of ether oxygens (including phenoxy) is 2. The minimum absolute atomic E-state index is 0.107. The van der Waals surface area contributed by atoms with Crippen molar-refractivity contribution in [3.63, 3.8) is 0 Å². The minimum Gasteiger partial charge on any atom is -0.494 e. The van der Waals surface area contributed by atoms with Gasteiger partial charge in [-0.3, -0.25) is 4.79 Å². The minimum atomic E-state index is -0.219. The summed E-state index contributed by atoms with van der Waals surface area (Å²) in [6, 6.07) is 16.3. The molecule has 0 aliphatic carbocycles. The molecule has 0 spiro atoms. The van der Waals surface area contributed by atoms with Gasteiger partial charge in [-0.15, -0.1) is 0 Å². The summed E-state index contributed by atoms with van der Waals surface area (Å²) in [5, 5.41) is 0. The monoisotopic (exact) mass is 354 g/mol.